The van der Waals surface area contributed by atoms with Gasteiger partial charge in [0.2, 0.25) is 0 Å². The molecule has 1 fully saturated rings. The van der Waals surface area contributed by atoms with Crippen molar-refractivity contribution in [2.45, 2.75) is 32.6 Å². The number of ether oxygens (including phenoxy) is 1. The molecule has 0 saturated carbocycles. The van der Waals surface area contributed by atoms with Gasteiger partial charge in [0.05, 0.1) is 12.5 Å². The Bertz CT molecular complexity index is 663. The molecule has 0 radical (unpaired) electrons. The fourth-order valence-electron chi connectivity index (χ4n) is 2.47. The summed E-state index contributed by atoms with van der Waals surface area (Å²) in [5.41, 5.74) is 1.48. The Morgan fingerprint density at radius 3 is 2.57 bits per heavy atom. The molecule has 0 atom stereocenters. The van der Waals surface area contributed by atoms with Crippen molar-refractivity contribution in [3.05, 3.63) is 30.0 Å². The Hall–Kier alpha value is -2.28. The second-order valence-corrected chi connectivity index (χ2v) is 5.08. The Morgan fingerprint density at radius 1 is 1.30 bits per heavy atom. The first-order chi connectivity index (χ1) is 11.1. The number of aryl methyl sites for hydroxylation is 1. The van der Waals surface area contributed by atoms with Crippen LogP contribution in [0.4, 0.5) is 0 Å². The largest absolute Gasteiger partial charge is 0.477 e. The summed E-state index contributed by atoms with van der Waals surface area (Å²) in [6.07, 6.45) is 4.97. The number of aromatic nitrogens is 4. The molecule has 0 unspecified atom stereocenters. The number of carboxylic acid groups (broad SMARTS) is 1. The average Bonchev–Trinajstić information content (AvgIpc) is 3.03. The lowest BCUT2D eigenvalue weighted by atomic mass is 9.95. The number of carbonyl (C=O) groups is 1. The molecule has 2 aromatic rings. The van der Waals surface area contributed by atoms with E-state index in [1.165, 1.54) is 0 Å². The third kappa shape index (κ3) is 3.92. The van der Waals surface area contributed by atoms with E-state index in [1.54, 1.807) is 23.2 Å². The van der Waals surface area contributed by atoms with Crippen LogP contribution in [0.1, 0.15) is 48.8 Å². The van der Waals surface area contributed by atoms with Gasteiger partial charge < -0.3 is 14.4 Å². The first kappa shape index (κ1) is 17.1. The van der Waals surface area contributed by atoms with Crippen molar-refractivity contribution < 1.29 is 14.6 Å². The van der Waals surface area contributed by atoms with E-state index in [2.05, 4.69) is 15.0 Å². The van der Waals surface area contributed by atoms with E-state index < -0.39 is 5.97 Å². The minimum Gasteiger partial charge on any atom is -0.477 e. The molecule has 1 aliphatic rings. The molecule has 0 amide bonds. The number of hydrogen-bond acceptors (Lipinski definition) is 5. The first-order valence-corrected chi connectivity index (χ1v) is 7.82. The van der Waals surface area contributed by atoms with E-state index in [0.717, 1.165) is 18.5 Å². The van der Waals surface area contributed by atoms with Crippen LogP contribution >= 0.6 is 0 Å². The normalized spacial score (nSPS) is 14.9. The zero-order valence-electron chi connectivity index (χ0n) is 13.7. The molecule has 3 heterocycles. The van der Waals surface area contributed by atoms with Crippen LogP contribution in [0.15, 0.2) is 18.6 Å². The lowest BCUT2D eigenvalue weighted by Gasteiger charge is -2.22. The maximum atomic E-state index is 11.3. The number of rotatable bonds is 3. The summed E-state index contributed by atoms with van der Waals surface area (Å²) < 4.78 is 7.12. The summed E-state index contributed by atoms with van der Waals surface area (Å²) in [5.74, 6) is -0.433. The van der Waals surface area contributed by atoms with Crippen LogP contribution in [0, 0.1) is 0 Å². The van der Waals surface area contributed by atoms with Gasteiger partial charge in [0.1, 0.15) is 5.69 Å². The Kier molecular flexibility index (Phi) is 5.81. The molecule has 0 bridgehead atoms. The number of aromatic carboxylic acids is 1. The molecule has 7 nitrogen and oxygen atoms in total. The Balaban J connectivity index is 0.000000924. The monoisotopic (exact) mass is 318 g/mol. The van der Waals surface area contributed by atoms with Crippen LogP contribution in [-0.4, -0.2) is 43.8 Å². The highest BCUT2D eigenvalue weighted by atomic mass is 16.5. The van der Waals surface area contributed by atoms with Gasteiger partial charge >= 0.3 is 5.97 Å². The fourth-order valence-corrected chi connectivity index (χ4v) is 2.47. The molecule has 2 aromatic heterocycles. The molecule has 23 heavy (non-hydrogen) atoms. The molecule has 3 rings (SSSR count). The maximum Gasteiger partial charge on any atom is 0.354 e. The van der Waals surface area contributed by atoms with Gasteiger partial charge in [-0.1, -0.05) is 13.8 Å². The van der Waals surface area contributed by atoms with Gasteiger partial charge in [-0.2, -0.15) is 0 Å². The Morgan fingerprint density at radius 2 is 2.00 bits per heavy atom. The summed E-state index contributed by atoms with van der Waals surface area (Å²) >= 11 is 0. The van der Waals surface area contributed by atoms with E-state index >= 15 is 0 Å². The molecule has 124 valence electrons. The molecule has 7 heteroatoms. The van der Waals surface area contributed by atoms with Gasteiger partial charge in [-0.05, 0) is 18.9 Å². The third-order valence-corrected chi connectivity index (χ3v) is 3.65. The smallest absolute Gasteiger partial charge is 0.354 e. The molecular weight excluding hydrogens is 296 g/mol. The van der Waals surface area contributed by atoms with Crippen molar-refractivity contribution in [3.8, 4) is 11.5 Å². The predicted octanol–water partition coefficient (Wildman–Crippen LogP) is 2.50. The second-order valence-electron chi connectivity index (χ2n) is 5.08. The van der Waals surface area contributed by atoms with E-state index in [4.69, 9.17) is 4.74 Å². The number of nitrogens with zero attached hydrogens (tertiary/aromatic N) is 4. The summed E-state index contributed by atoms with van der Waals surface area (Å²) in [7, 11) is 1.83. The fraction of sp³-hybridized carbons (Fsp3) is 0.500. The summed E-state index contributed by atoms with van der Waals surface area (Å²) in [5, 5.41) is 9.26. The Labute approximate surface area is 135 Å². The van der Waals surface area contributed by atoms with Crippen molar-refractivity contribution in [1.82, 2.24) is 19.5 Å². The van der Waals surface area contributed by atoms with Gasteiger partial charge in [-0.3, -0.25) is 0 Å². The standard InChI is InChI=1S/C14H16N4O3.C2H6/c1-18-8-15-7-12(18)13-16-10(6-11(17-13)14(19)20)9-2-4-21-5-3-9;1-2/h6-9H,2-5H2,1H3,(H,19,20);1-2H3. The average molecular weight is 318 g/mol. The SMILES string of the molecule is CC.Cn1cncc1-c1nc(C(=O)O)cc(C2CCOCC2)n1. The molecular formula is C16H22N4O3. The van der Waals surface area contributed by atoms with Crippen LogP contribution in [0.2, 0.25) is 0 Å². The lowest BCUT2D eigenvalue weighted by Crippen LogP contribution is -2.17. The number of hydrogen-bond donors (Lipinski definition) is 1. The lowest BCUT2D eigenvalue weighted by molar-refractivity contribution is 0.0689. The molecule has 0 aliphatic carbocycles. The molecule has 1 aliphatic heterocycles. The van der Waals surface area contributed by atoms with Crippen molar-refractivity contribution in [2.24, 2.45) is 7.05 Å². The highest BCUT2D eigenvalue weighted by molar-refractivity contribution is 5.86. The number of carboxylic acids is 1. The quantitative estimate of drug-likeness (QED) is 0.935. The zero-order valence-corrected chi connectivity index (χ0v) is 13.7. The second kappa shape index (κ2) is 7.82. The molecule has 0 spiro atoms. The van der Waals surface area contributed by atoms with Crippen molar-refractivity contribution >= 4 is 5.97 Å². The summed E-state index contributed by atoms with van der Waals surface area (Å²) in [6.45, 7) is 5.36. The minimum absolute atomic E-state index is 0.0164. The third-order valence-electron chi connectivity index (χ3n) is 3.65. The molecule has 1 saturated heterocycles. The summed E-state index contributed by atoms with van der Waals surface area (Å²) in [4.78, 5) is 24.0. The summed E-state index contributed by atoms with van der Waals surface area (Å²) in [6, 6.07) is 1.57. The van der Waals surface area contributed by atoms with E-state index in [9.17, 15) is 9.90 Å². The van der Waals surface area contributed by atoms with Gasteiger partial charge in [0, 0.05) is 31.9 Å². The van der Waals surface area contributed by atoms with Gasteiger partial charge in [-0.15, -0.1) is 0 Å². The van der Waals surface area contributed by atoms with E-state index in [1.807, 2.05) is 20.9 Å². The van der Waals surface area contributed by atoms with Crippen molar-refractivity contribution in [3.63, 3.8) is 0 Å². The minimum atomic E-state index is -1.05. The van der Waals surface area contributed by atoms with Crippen LogP contribution < -0.4 is 0 Å². The van der Waals surface area contributed by atoms with Crippen LogP contribution in [-0.2, 0) is 11.8 Å². The van der Waals surface area contributed by atoms with Gasteiger partial charge in [0.15, 0.2) is 11.5 Å². The highest BCUT2D eigenvalue weighted by Gasteiger charge is 2.21. The van der Waals surface area contributed by atoms with E-state index in [-0.39, 0.29) is 11.6 Å². The van der Waals surface area contributed by atoms with Gasteiger partial charge in [-0.25, -0.2) is 19.7 Å². The topological polar surface area (TPSA) is 90.1 Å². The van der Waals surface area contributed by atoms with Crippen molar-refractivity contribution in [1.29, 1.82) is 0 Å². The first-order valence-electron chi connectivity index (χ1n) is 7.82. The van der Waals surface area contributed by atoms with Gasteiger partial charge in [0.25, 0.3) is 0 Å². The zero-order chi connectivity index (χ0) is 16.8. The van der Waals surface area contributed by atoms with Crippen LogP contribution in [0.5, 0.6) is 0 Å². The molecule has 0 aromatic carbocycles. The number of imidazole rings is 1. The predicted molar refractivity (Wildman–Crippen MR) is 85.3 cm³/mol. The highest BCUT2D eigenvalue weighted by Crippen LogP contribution is 2.27. The van der Waals surface area contributed by atoms with Crippen molar-refractivity contribution in [2.75, 3.05) is 13.2 Å². The van der Waals surface area contributed by atoms with E-state index in [0.29, 0.717) is 24.7 Å². The van der Waals surface area contributed by atoms with Crippen LogP contribution in [0.3, 0.4) is 0 Å². The molecule has 1 N–H and O–H groups in total. The van der Waals surface area contributed by atoms with Crippen LogP contribution in [0.25, 0.3) is 11.5 Å². The maximum absolute atomic E-state index is 11.3.